The predicted molar refractivity (Wildman–Crippen MR) is 52.4 cm³/mol. The van der Waals surface area contributed by atoms with Crippen molar-refractivity contribution in [2.75, 3.05) is 13.1 Å². The van der Waals surface area contributed by atoms with Crippen molar-refractivity contribution in [3.05, 3.63) is 18.0 Å². The molecule has 1 N–H and O–H groups in total. The minimum Gasteiger partial charge on any atom is -0.295 e. The Bertz CT molecular complexity index is 243. The van der Waals surface area contributed by atoms with Gasteiger partial charge in [-0.2, -0.15) is 5.10 Å². The van der Waals surface area contributed by atoms with E-state index in [1.165, 1.54) is 31.5 Å². The zero-order chi connectivity index (χ0) is 9.10. The normalized spacial score (nSPS) is 24.8. The molecule has 0 unspecified atom stereocenters. The first-order valence-electron chi connectivity index (χ1n) is 5.15. The van der Waals surface area contributed by atoms with E-state index in [0.717, 1.165) is 6.54 Å². The van der Waals surface area contributed by atoms with Crippen LogP contribution in [0.15, 0.2) is 12.3 Å². The number of nitrogens with one attached hydrogen (secondary N) is 1. The molecule has 0 aromatic carbocycles. The fourth-order valence-corrected chi connectivity index (χ4v) is 2.17. The van der Waals surface area contributed by atoms with Crippen molar-refractivity contribution in [2.24, 2.45) is 0 Å². The molecule has 1 aliphatic rings. The Morgan fingerprint density at radius 2 is 2.54 bits per heavy atom. The Hall–Kier alpha value is -0.830. The average molecular weight is 179 g/mol. The van der Waals surface area contributed by atoms with Crippen molar-refractivity contribution < 1.29 is 0 Å². The molecule has 3 nitrogen and oxygen atoms in total. The molecule has 2 rings (SSSR count). The van der Waals surface area contributed by atoms with Crippen LogP contribution in [0.3, 0.4) is 0 Å². The number of hydrogen-bond donors (Lipinski definition) is 1. The minimum atomic E-state index is 0.584. The first-order valence-corrected chi connectivity index (χ1v) is 5.15. The van der Waals surface area contributed by atoms with Crippen molar-refractivity contribution >= 4 is 0 Å². The summed E-state index contributed by atoms with van der Waals surface area (Å²) in [6.07, 6.45) is 5.81. The van der Waals surface area contributed by atoms with Gasteiger partial charge in [0.05, 0.1) is 11.7 Å². The summed E-state index contributed by atoms with van der Waals surface area (Å²) in [7, 11) is 0. The maximum atomic E-state index is 4.01. The number of aromatic amines is 1. The topological polar surface area (TPSA) is 31.9 Å². The second kappa shape index (κ2) is 3.92. The molecule has 0 amide bonds. The fourth-order valence-electron chi connectivity index (χ4n) is 2.17. The molecular weight excluding hydrogens is 162 g/mol. The van der Waals surface area contributed by atoms with Crippen molar-refractivity contribution in [2.45, 2.75) is 32.2 Å². The molecule has 13 heavy (non-hydrogen) atoms. The highest BCUT2D eigenvalue weighted by atomic mass is 15.2. The van der Waals surface area contributed by atoms with Gasteiger partial charge in [0.25, 0.3) is 0 Å². The van der Waals surface area contributed by atoms with Gasteiger partial charge in [0, 0.05) is 6.20 Å². The van der Waals surface area contributed by atoms with E-state index in [2.05, 4.69) is 28.1 Å². The minimum absolute atomic E-state index is 0.584. The van der Waals surface area contributed by atoms with Crippen LogP contribution in [-0.4, -0.2) is 28.2 Å². The molecule has 0 saturated carbocycles. The van der Waals surface area contributed by atoms with Crippen LogP contribution in [0.4, 0.5) is 0 Å². The van der Waals surface area contributed by atoms with Gasteiger partial charge in [-0.1, -0.05) is 13.3 Å². The van der Waals surface area contributed by atoms with Gasteiger partial charge in [-0.3, -0.25) is 10.00 Å². The molecule has 1 fully saturated rings. The number of nitrogens with zero attached hydrogens (tertiary/aromatic N) is 2. The predicted octanol–water partition coefficient (Wildman–Crippen LogP) is 1.96. The first kappa shape index (κ1) is 8.75. The number of H-pyrrole nitrogens is 1. The number of piperidine rings is 1. The van der Waals surface area contributed by atoms with Gasteiger partial charge in [0.1, 0.15) is 0 Å². The molecule has 0 aliphatic carbocycles. The molecule has 2 heterocycles. The quantitative estimate of drug-likeness (QED) is 0.752. The molecule has 0 spiro atoms. The average Bonchev–Trinajstić information content (AvgIpc) is 2.70. The van der Waals surface area contributed by atoms with Gasteiger partial charge in [-0.15, -0.1) is 0 Å². The first-order chi connectivity index (χ1) is 6.42. The maximum Gasteiger partial charge on any atom is 0.0523 e. The van der Waals surface area contributed by atoms with Crippen LogP contribution in [0, 0.1) is 0 Å². The summed E-state index contributed by atoms with van der Waals surface area (Å²) < 4.78 is 0. The molecular formula is C10H17N3. The van der Waals surface area contributed by atoms with Gasteiger partial charge in [-0.05, 0) is 32.0 Å². The second-order valence-electron chi connectivity index (χ2n) is 3.65. The van der Waals surface area contributed by atoms with E-state index in [9.17, 15) is 0 Å². The molecule has 3 heteroatoms. The van der Waals surface area contributed by atoms with Crippen molar-refractivity contribution in [3.8, 4) is 0 Å². The summed E-state index contributed by atoms with van der Waals surface area (Å²) in [4.78, 5) is 2.52. The molecule has 1 aromatic heterocycles. The second-order valence-corrected chi connectivity index (χ2v) is 3.65. The fraction of sp³-hybridized carbons (Fsp3) is 0.700. The van der Waals surface area contributed by atoms with Gasteiger partial charge in [-0.25, -0.2) is 0 Å². The van der Waals surface area contributed by atoms with Crippen molar-refractivity contribution in [1.82, 2.24) is 15.1 Å². The van der Waals surface area contributed by atoms with Crippen molar-refractivity contribution in [1.29, 1.82) is 0 Å². The maximum absolute atomic E-state index is 4.01. The Morgan fingerprint density at radius 1 is 1.62 bits per heavy atom. The van der Waals surface area contributed by atoms with E-state index in [0.29, 0.717) is 6.04 Å². The van der Waals surface area contributed by atoms with Gasteiger partial charge in [0.15, 0.2) is 0 Å². The van der Waals surface area contributed by atoms with Crippen LogP contribution < -0.4 is 0 Å². The van der Waals surface area contributed by atoms with E-state index >= 15 is 0 Å². The molecule has 1 saturated heterocycles. The molecule has 0 bridgehead atoms. The Balaban J connectivity index is 2.11. The summed E-state index contributed by atoms with van der Waals surface area (Å²) in [6.45, 7) is 4.61. The lowest BCUT2D eigenvalue weighted by Crippen LogP contribution is -2.33. The third-order valence-electron chi connectivity index (χ3n) is 2.90. The van der Waals surface area contributed by atoms with Crippen LogP contribution >= 0.6 is 0 Å². The lowest BCUT2D eigenvalue weighted by atomic mass is 10.00. The third kappa shape index (κ3) is 1.75. The van der Waals surface area contributed by atoms with Crippen LogP contribution in [0.5, 0.6) is 0 Å². The highest BCUT2D eigenvalue weighted by Gasteiger charge is 2.22. The third-order valence-corrected chi connectivity index (χ3v) is 2.90. The SMILES string of the molecule is CCN1CCCC[C@H]1c1ccn[nH]1. The number of likely N-dealkylation sites (tertiary alicyclic amines) is 1. The van der Waals surface area contributed by atoms with Gasteiger partial charge >= 0.3 is 0 Å². The number of rotatable bonds is 2. The molecule has 1 aromatic rings. The van der Waals surface area contributed by atoms with Crippen molar-refractivity contribution in [3.63, 3.8) is 0 Å². The van der Waals surface area contributed by atoms with E-state index in [1.54, 1.807) is 0 Å². The monoisotopic (exact) mass is 179 g/mol. The highest BCUT2D eigenvalue weighted by molar-refractivity contribution is 5.05. The summed E-state index contributed by atoms with van der Waals surface area (Å²) in [6, 6.07) is 2.68. The highest BCUT2D eigenvalue weighted by Crippen LogP contribution is 2.28. The van der Waals surface area contributed by atoms with Crippen LogP contribution in [0.1, 0.15) is 37.9 Å². The Kier molecular flexibility index (Phi) is 2.64. The van der Waals surface area contributed by atoms with Crippen LogP contribution in [0.25, 0.3) is 0 Å². The van der Waals surface area contributed by atoms with Gasteiger partial charge in [0.2, 0.25) is 0 Å². The molecule has 72 valence electrons. The van der Waals surface area contributed by atoms with E-state index in [-0.39, 0.29) is 0 Å². The van der Waals surface area contributed by atoms with Crippen LogP contribution in [-0.2, 0) is 0 Å². The molecule has 0 radical (unpaired) electrons. The zero-order valence-electron chi connectivity index (χ0n) is 8.16. The summed E-state index contributed by atoms with van der Waals surface area (Å²) in [5.74, 6) is 0. The largest absolute Gasteiger partial charge is 0.295 e. The van der Waals surface area contributed by atoms with E-state index in [1.807, 2.05) is 6.20 Å². The van der Waals surface area contributed by atoms with Gasteiger partial charge < -0.3 is 0 Å². The zero-order valence-corrected chi connectivity index (χ0v) is 8.16. The standard InChI is InChI=1S/C10H17N3/c1-2-13-8-4-3-5-10(13)9-6-7-11-12-9/h6-7,10H,2-5,8H2,1H3,(H,11,12)/t10-/m0/s1. The number of aromatic nitrogens is 2. The Morgan fingerprint density at radius 3 is 3.23 bits per heavy atom. The molecule has 1 atom stereocenters. The van der Waals surface area contributed by atoms with E-state index in [4.69, 9.17) is 0 Å². The lowest BCUT2D eigenvalue weighted by molar-refractivity contribution is 0.154. The van der Waals surface area contributed by atoms with E-state index < -0.39 is 0 Å². The van der Waals surface area contributed by atoms with Crippen LogP contribution in [0.2, 0.25) is 0 Å². The molecule has 1 aliphatic heterocycles. The number of hydrogen-bond acceptors (Lipinski definition) is 2. The Labute approximate surface area is 79.1 Å². The smallest absolute Gasteiger partial charge is 0.0523 e. The lowest BCUT2D eigenvalue weighted by Gasteiger charge is -2.33. The summed E-state index contributed by atoms with van der Waals surface area (Å²) in [5.41, 5.74) is 1.28. The summed E-state index contributed by atoms with van der Waals surface area (Å²) in [5, 5.41) is 7.09. The summed E-state index contributed by atoms with van der Waals surface area (Å²) >= 11 is 0.